The number of nitrogens with zero attached hydrogens (tertiary/aromatic N) is 2. The lowest BCUT2D eigenvalue weighted by Gasteiger charge is -2.30. The normalized spacial score (nSPS) is 18.2. The summed E-state index contributed by atoms with van der Waals surface area (Å²) < 4.78 is 6.03. The maximum Gasteiger partial charge on any atom is 0.130 e. The molecule has 0 amide bonds. The number of hydrogen-bond acceptors (Lipinski definition) is 4. The molecule has 1 aliphatic carbocycles. The quantitative estimate of drug-likeness (QED) is 0.513. The number of aliphatic hydroxyl groups excluding tert-OH is 1. The second kappa shape index (κ2) is 8.25. The first-order valence-corrected chi connectivity index (χ1v) is 10.4. The van der Waals surface area contributed by atoms with Crippen LogP contribution in [0.2, 0.25) is 0 Å². The number of aryl methyl sites for hydroxylation is 1. The van der Waals surface area contributed by atoms with Crippen LogP contribution in [0.25, 0.3) is 10.9 Å². The molecule has 4 heteroatoms. The summed E-state index contributed by atoms with van der Waals surface area (Å²) in [5.41, 5.74) is 5.22. The van der Waals surface area contributed by atoms with Gasteiger partial charge in [0.2, 0.25) is 0 Å². The van der Waals surface area contributed by atoms with Crippen LogP contribution in [-0.2, 0) is 19.4 Å². The number of pyridine rings is 2. The Morgan fingerprint density at radius 1 is 1.00 bits per heavy atom. The predicted molar refractivity (Wildman–Crippen MR) is 117 cm³/mol. The summed E-state index contributed by atoms with van der Waals surface area (Å²) in [6.07, 6.45) is 5.97. The number of para-hydroxylation sites is 1. The van der Waals surface area contributed by atoms with Crippen LogP contribution in [0.4, 0.5) is 0 Å². The van der Waals surface area contributed by atoms with Gasteiger partial charge >= 0.3 is 0 Å². The maximum atomic E-state index is 11.0. The Hall–Kier alpha value is -3.24. The van der Waals surface area contributed by atoms with Crippen molar-refractivity contribution in [3.63, 3.8) is 0 Å². The number of aromatic nitrogens is 2. The van der Waals surface area contributed by atoms with Gasteiger partial charge in [0.25, 0.3) is 0 Å². The SMILES string of the molecule is OC1c2cc(OCc3ccc4ccccc4n3)ccc2CCC1Cc1cccnc1. The van der Waals surface area contributed by atoms with E-state index in [9.17, 15) is 5.11 Å². The molecule has 1 aliphatic rings. The van der Waals surface area contributed by atoms with E-state index in [1.54, 1.807) is 6.20 Å². The standard InChI is InChI=1S/C26H24N2O2/c29-26-21(14-18-4-3-13-27-16-18)8-7-19-10-12-23(15-24(19)26)30-17-22-11-9-20-5-1-2-6-25(20)28-22/h1-6,9-13,15-16,21,26,29H,7-8,14,17H2. The van der Waals surface area contributed by atoms with Gasteiger partial charge in [-0.1, -0.05) is 36.4 Å². The second-order valence-corrected chi connectivity index (χ2v) is 7.95. The molecule has 2 atom stereocenters. The van der Waals surface area contributed by atoms with Crippen molar-refractivity contribution < 1.29 is 9.84 Å². The molecular formula is C26H24N2O2. The van der Waals surface area contributed by atoms with Gasteiger partial charge in [0, 0.05) is 17.8 Å². The number of hydrogen-bond donors (Lipinski definition) is 1. The van der Waals surface area contributed by atoms with Gasteiger partial charge in [-0.25, -0.2) is 4.98 Å². The zero-order valence-electron chi connectivity index (χ0n) is 16.7. The van der Waals surface area contributed by atoms with E-state index in [-0.39, 0.29) is 5.92 Å². The van der Waals surface area contributed by atoms with Crippen molar-refractivity contribution in [3.8, 4) is 5.75 Å². The van der Waals surface area contributed by atoms with Crippen molar-refractivity contribution >= 4 is 10.9 Å². The predicted octanol–water partition coefficient (Wildman–Crippen LogP) is 5.05. The highest BCUT2D eigenvalue weighted by atomic mass is 16.5. The first kappa shape index (κ1) is 18.8. The largest absolute Gasteiger partial charge is 0.487 e. The third kappa shape index (κ3) is 3.91. The number of benzene rings is 2. The zero-order valence-corrected chi connectivity index (χ0v) is 16.7. The molecule has 150 valence electrons. The van der Waals surface area contributed by atoms with E-state index in [1.165, 1.54) is 11.1 Å². The van der Waals surface area contributed by atoms with Crippen LogP contribution in [0.5, 0.6) is 5.75 Å². The van der Waals surface area contributed by atoms with Crippen LogP contribution in [0.3, 0.4) is 0 Å². The van der Waals surface area contributed by atoms with Crippen molar-refractivity contribution in [2.24, 2.45) is 5.92 Å². The molecule has 2 unspecified atom stereocenters. The molecule has 0 bridgehead atoms. The minimum atomic E-state index is -0.490. The van der Waals surface area contributed by atoms with Crippen molar-refractivity contribution in [3.05, 3.63) is 102 Å². The molecular weight excluding hydrogens is 372 g/mol. The summed E-state index contributed by atoms with van der Waals surface area (Å²) >= 11 is 0. The summed E-state index contributed by atoms with van der Waals surface area (Å²) in [6, 6.07) is 22.2. The average molecular weight is 396 g/mol. The van der Waals surface area contributed by atoms with Gasteiger partial charge in [0.1, 0.15) is 12.4 Å². The molecule has 2 aromatic heterocycles. The molecule has 2 heterocycles. The fraction of sp³-hybridized carbons (Fsp3) is 0.231. The second-order valence-electron chi connectivity index (χ2n) is 7.95. The van der Waals surface area contributed by atoms with E-state index < -0.39 is 6.10 Å². The highest BCUT2D eigenvalue weighted by Gasteiger charge is 2.28. The van der Waals surface area contributed by atoms with Gasteiger partial charge in [-0.2, -0.15) is 0 Å². The van der Waals surface area contributed by atoms with E-state index in [0.717, 1.165) is 47.2 Å². The van der Waals surface area contributed by atoms with E-state index in [2.05, 4.69) is 34.2 Å². The smallest absolute Gasteiger partial charge is 0.130 e. The van der Waals surface area contributed by atoms with Crippen LogP contribution in [0.15, 0.2) is 79.1 Å². The molecule has 0 fully saturated rings. The molecule has 4 aromatic rings. The van der Waals surface area contributed by atoms with Gasteiger partial charge < -0.3 is 9.84 Å². The Kier molecular flexibility index (Phi) is 5.16. The average Bonchev–Trinajstić information content (AvgIpc) is 2.80. The monoisotopic (exact) mass is 396 g/mol. The fourth-order valence-corrected chi connectivity index (χ4v) is 4.30. The highest BCUT2D eigenvalue weighted by Crippen LogP contribution is 2.38. The molecule has 4 nitrogen and oxygen atoms in total. The Bertz CT molecular complexity index is 1160. The molecule has 0 radical (unpaired) electrons. The third-order valence-corrected chi connectivity index (χ3v) is 5.93. The molecule has 0 aliphatic heterocycles. The highest BCUT2D eigenvalue weighted by molar-refractivity contribution is 5.78. The van der Waals surface area contributed by atoms with Gasteiger partial charge in [-0.15, -0.1) is 0 Å². The summed E-state index contributed by atoms with van der Waals surface area (Å²) in [5, 5.41) is 12.1. The lowest BCUT2D eigenvalue weighted by molar-refractivity contribution is 0.0932. The van der Waals surface area contributed by atoms with Crippen LogP contribution in [0.1, 0.15) is 34.9 Å². The Morgan fingerprint density at radius 3 is 2.83 bits per heavy atom. The molecule has 0 saturated heterocycles. The summed E-state index contributed by atoms with van der Waals surface area (Å²) in [7, 11) is 0. The number of fused-ring (bicyclic) bond motifs is 2. The maximum absolute atomic E-state index is 11.0. The van der Waals surface area contributed by atoms with Crippen molar-refractivity contribution in [2.75, 3.05) is 0 Å². The Labute approximate surface area is 176 Å². The summed E-state index contributed by atoms with van der Waals surface area (Å²) in [5.74, 6) is 0.962. The molecule has 0 spiro atoms. The van der Waals surface area contributed by atoms with Crippen LogP contribution in [-0.4, -0.2) is 15.1 Å². The van der Waals surface area contributed by atoms with E-state index in [1.807, 2.05) is 48.7 Å². The third-order valence-electron chi connectivity index (χ3n) is 5.93. The topological polar surface area (TPSA) is 55.2 Å². The van der Waals surface area contributed by atoms with Crippen molar-refractivity contribution in [2.45, 2.75) is 32.0 Å². The number of ether oxygens (including phenoxy) is 1. The minimum Gasteiger partial charge on any atom is -0.487 e. The lowest BCUT2D eigenvalue weighted by atomic mass is 9.78. The number of rotatable bonds is 5. The summed E-state index contributed by atoms with van der Waals surface area (Å²) in [4.78, 5) is 8.87. The minimum absolute atomic E-state index is 0.194. The van der Waals surface area contributed by atoms with Gasteiger partial charge in [-0.3, -0.25) is 4.98 Å². The van der Waals surface area contributed by atoms with Crippen LogP contribution < -0.4 is 4.74 Å². The van der Waals surface area contributed by atoms with E-state index >= 15 is 0 Å². The first-order valence-electron chi connectivity index (χ1n) is 10.4. The van der Waals surface area contributed by atoms with Gasteiger partial charge in [0.15, 0.2) is 0 Å². The fourth-order valence-electron chi connectivity index (χ4n) is 4.30. The van der Waals surface area contributed by atoms with Crippen molar-refractivity contribution in [1.82, 2.24) is 9.97 Å². The molecule has 1 N–H and O–H groups in total. The van der Waals surface area contributed by atoms with Crippen molar-refractivity contribution in [1.29, 1.82) is 0 Å². The lowest BCUT2D eigenvalue weighted by Crippen LogP contribution is -2.22. The molecule has 30 heavy (non-hydrogen) atoms. The zero-order chi connectivity index (χ0) is 20.3. The van der Waals surface area contributed by atoms with E-state index in [0.29, 0.717) is 6.61 Å². The molecule has 2 aromatic carbocycles. The van der Waals surface area contributed by atoms with Crippen LogP contribution >= 0.6 is 0 Å². The van der Waals surface area contributed by atoms with Crippen LogP contribution in [0, 0.1) is 5.92 Å². The summed E-state index contributed by atoms with van der Waals surface area (Å²) in [6.45, 7) is 0.402. The van der Waals surface area contributed by atoms with Gasteiger partial charge in [0.05, 0.1) is 17.3 Å². The van der Waals surface area contributed by atoms with Gasteiger partial charge in [-0.05, 0) is 72.2 Å². The molecule has 5 rings (SSSR count). The number of aliphatic hydroxyl groups is 1. The molecule has 0 saturated carbocycles. The Morgan fingerprint density at radius 2 is 1.93 bits per heavy atom. The van der Waals surface area contributed by atoms with E-state index in [4.69, 9.17) is 4.74 Å². The first-order chi connectivity index (χ1) is 14.8. The Balaban J connectivity index is 1.30.